The quantitative estimate of drug-likeness (QED) is 0.452. The molecule has 0 aromatic rings. The molecule has 0 radical (unpaired) electrons. The van der Waals surface area contributed by atoms with Gasteiger partial charge in [0.2, 0.25) is 5.54 Å². The molecule has 0 saturated carbocycles. The van der Waals surface area contributed by atoms with Gasteiger partial charge in [0.05, 0.1) is 0 Å². The van der Waals surface area contributed by atoms with Crippen LogP contribution in [0.4, 0.5) is 0 Å². The second-order valence-electron chi connectivity index (χ2n) is 4.79. The van der Waals surface area contributed by atoms with E-state index in [4.69, 9.17) is 5.73 Å². The van der Waals surface area contributed by atoms with Gasteiger partial charge in [-0.25, -0.2) is 0 Å². The molecule has 0 amide bonds. The molecular weight excluding hydrogens is 156 g/mol. The molecule has 74 valence electrons. The van der Waals surface area contributed by atoms with Crippen molar-refractivity contribution in [3.63, 3.8) is 0 Å². The van der Waals surface area contributed by atoms with E-state index in [-0.39, 0.29) is 10.5 Å². The normalized spacial score (nSPS) is 11.6. The minimum Gasteiger partial charge on any atom is -0.326 e. The highest BCUT2D eigenvalue weighted by atomic mass is 16.6. The Bertz CT molecular complexity index is 136. The van der Waals surface area contributed by atoms with Crippen molar-refractivity contribution in [2.75, 3.05) is 0 Å². The lowest BCUT2D eigenvalue weighted by Gasteiger charge is -2.06. The van der Waals surface area contributed by atoms with Crippen molar-refractivity contribution in [3.8, 4) is 0 Å². The largest absolute Gasteiger partial charge is 0.326 e. The zero-order valence-electron chi connectivity index (χ0n) is 8.84. The molecule has 0 atom stereocenters. The molecule has 0 aliphatic carbocycles. The van der Waals surface area contributed by atoms with Crippen LogP contribution in [0.15, 0.2) is 0 Å². The Morgan fingerprint density at radius 2 is 1.17 bits per heavy atom. The summed E-state index contributed by atoms with van der Waals surface area (Å²) >= 11 is 0. The lowest BCUT2D eigenvalue weighted by atomic mass is 10.1. The molecule has 4 heteroatoms. The number of nitrogens with two attached hydrogens (primary N) is 1. The van der Waals surface area contributed by atoms with E-state index in [0.717, 1.165) is 0 Å². The summed E-state index contributed by atoms with van der Waals surface area (Å²) in [5, 5.41) is 9.83. The van der Waals surface area contributed by atoms with Crippen molar-refractivity contribution < 1.29 is 4.92 Å². The number of hydrogen-bond donors (Lipinski definition) is 1. The zero-order valence-corrected chi connectivity index (χ0v) is 8.84. The molecule has 0 heterocycles. The standard InChI is InChI=1S/C4H9NO2.C4H11N/c1-4(2,3)5(6)7;1-4(2,3)5/h1-3H3;5H2,1-3H3. The Morgan fingerprint density at radius 3 is 1.17 bits per heavy atom. The first kappa shape index (κ1) is 13.9. The predicted molar refractivity (Wildman–Crippen MR) is 50.7 cm³/mol. The Labute approximate surface area is 74.3 Å². The summed E-state index contributed by atoms with van der Waals surface area (Å²) in [5.41, 5.74) is 4.58. The molecule has 2 N–H and O–H groups in total. The van der Waals surface area contributed by atoms with Gasteiger partial charge in [-0.1, -0.05) is 0 Å². The highest BCUT2D eigenvalue weighted by molar-refractivity contribution is 4.60. The number of nitrogens with zero attached hydrogens (tertiary/aromatic N) is 1. The van der Waals surface area contributed by atoms with E-state index in [2.05, 4.69) is 0 Å². The molecule has 0 spiro atoms. The van der Waals surface area contributed by atoms with Crippen molar-refractivity contribution in [2.24, 2.45) is 5.73 Å². The van der Waals surface area contributed by atoms with E-state index in [1.165, 1.54) is 0 Å². The topological polar surface area (TPSA) is 69.2 Å². The van der Waals surface area contributed by atoms with E-state index >= 15 is 0 Å². The van der Waals surface area contributed by atoms with Crippen molar-refractivity contribution >= 4 is 0 Å². The van der Waals surface area contributed by atoms with Crippen LogP contribution in [0.1, 0.15) is 41.5 Å². The average Bonchev–Trinajstić information content (AvgIpc) is 1.55. The van der Waals surface area contributed by atoms with Gasteiger partial charge in [-0.2, -0.15) is 0 Å². The van der Waals surface area contributed by atoms with Crippen molar-refractivity contribution in [1.29, 1.82) is 0 Å². The van der Waals surface area contributed by atoms with E-state index < -0.39 is 5.54 Å². The second-order valence-corrected chi connectivity index (χ2v) is 4.79. The first-order valence-corrected chi connectivity index (χ1v) is 3.88. The monoisotopic (exact) mass is 176 g/mol. The van der Waals surface area contributed by atoms with Gasteiger partial charge >= 0.3 is 0 Å². The zero-order chi connectivity index (χ0) is 10.6. The predicted octanol–water partition coefficient (Wildman–Crippen LogP) is 1.81. The third kappa shape index (κ3) is 22.8. The molecule has 0 rings (SSSR count). The van der Waals surface area contributed by atoms with E-state index in [9.17, 15) is 10.1 Å². The van der Waals surface area contributed by atoms with E-state index in [1.807, 2.05) is 20.8 Å². The highest BCUT2D eigenvalue weighted by Gasteiger charge is 2.21. The van der Waals surface area contributed by atoms with Gasteiger partial charge in [0.1, 0.15) is 0 Å². The molecule has 0 aromatic carbocycles. The second kappa shape index (κ2) is 4.40. The molecule has 4 nitrogen and oxygen atoms in total. The van der Waals surface area contributed by atoms with Crippen LogP contribution < -0.4 is 5.73 Å². The van der Waals surface area contributed by atoms with Gasteiger partial charge in [0.15, 0.2) is 0 Å². The first-order valence-electron chi connectivity index (χ1n) is 3.88. The van der Waals surface area contributed by atoms with Gasteiger partial charge < -0.3 is 5.73 Å². The fourth-order valence-corrected chi connectivity index (χ4v) is 0. The Balaban J connectivity index is 0. The maximum atomic E-state index is 9.83. The Kier molecular flexibility index (Phi) is 5.10. The molecule has 0 aliphatic heterocycles. The van der Waals surface area contributed by atoms with E-state index in [0.29, 0.717) is 0 Å². The van der Waals surface area contributed by atoms with Crippen LogP contribution in [-0.2, 0) is 0 Å². The average molecular weight is 176 g/mol. The van der Waals surface area contributed by atoms with Gasteiger partial charge in [-0.3, -0.25) is 10.1 Å². The fraction of sp³-hybridized carbons (Fsp3) is 1.00. The van der Waals surface area contributed by atoms with Gasteiger partial charge in [-0.05, 0) is 20.8 Å². The molecule has 12 heavy (non-hydrogen) atoms. The van der Waals surface area contributed by atoms with Crippen LogP contribution in [0.5, 0.6) is 0 Å². The molecule has 0 aliphatic rings. The van der Waals surface area contributed by atoms with Crippen LogP contribution in [0.3, 0.4) is 0 Å². The van der Waals surface area contributed by atoms with Gasteiger partial charge in [0, 0.05) is 31.2 Å². The van der Waals surface area contributed by atoms with Crippen LogP contribution in [0, 0.1) is 10.1 Å². The summed E-state index contributed by atoms with van der Waals surface area (Å²) in [6.45, 7) is 10.6. The van der Waals surface area contributed by atoms with Gasteiger partial charge in [-0.15, -0.1) is 0 Å². The van der Waals surface area contributed by atoms with E-state index in [1.54, 1.807) is 20.8 Å². The highest BCUT2D eigenvalue weighted by Crippen LogP contribution is 2.02. The van der Waals surface area contributed by atoms with Crippen LogP contribution >= 0.6 is 0 Å². The lowest BCUT2D eigenvalue weighted by Crippen LogP contribution is -2.26. The maximum Gasteiger partial charge on any atom is 0.214 e. The molecule has 0 unspecified atom stereocenters. The molecule has 0 aromatic heterocycles. The Morgan fingerprint density at radius 1 is 1.08 bits per heavy atom. The van der Waals surface area contributed by atoms with Crippen molar-refractivity contribution in [3.05, 3.63) is 10.1 Å². The SMILES string of the molecule is CC(C)(C)N.CC(C)(C)[N+](=O)[O-]. The van der Waals surface area contributed by atoms with Crippen LogP contribution in [0.25, 0.3) is 0 Å². The molecule has 0 bridgehead atoms. The summed E-state index contributed by atoms with van der Waals surface area (Å²) < 4.78 is 0. The minimum atomic E-state index is -0.778. The summed E-state index contributed by atoms with van der Waals surface area (Å²) in [7, 11) is 0. The van der Waals surface area contributed by atoms with Gasteiger partial charge in [0.25, 0.3) is 0 Å². The number of rotatable bonds is 0. The molecule has 0 fully saturated rings. The maximum absolute atomic E-state index is 9.83. The fourth-order valence-electron chi connectivity index (χ4n) is 0. The molecular formula is C8H20N2O2. The Hall–Kier alpha value is -0.640. The number of nitro groups is 1. The summed E-state index contributed by atoms with van der Waals surface area (Å²) in [4.78, 5) is 9.51. The first-order chi connectivity index (χ1) is 4.94. The summed E-state index contributed by atoms with van der Waals surface area (Å²) in [5.74, 6) is 0. The third-order valence-corrected chi connectivity index (χ3v) is 0.548. The summed E-state index contributed by atoms with van der Waals surface area (Å²) in [6, 6.07) is 0. The van der Waals surface area contributed by atoms with Crippen LogP contribution in [-0.4, -0.2) is 16.0 Å². The minimum absolute atomic E-state index is 0. The number of hydrogen-bond acceptors (Lipinski definition) is 3. The smallest absolute Gasteiger partial charge is 0.214 e. The lowest BCUT2D eigenvalue weighted by molar-refractivity contribution is -0.555. The third-order valence-electron chi connectivity index (χ3n) is 0.548. The van der Waals surface area contributed by atoms with Crippen molar-refractivity contribution in [1.82, 2.24) is 0 Å². The molecule has 0 saturated heterocycles. The van der Waals surface area contributed by atoms with Crippen molar-refractivity contribution in [2.45, 2.75) is 52.6 Å². The summed E-state index contributed by atoms with van der Waals surface area (Å²) in [6.07, 6.45) is 0. The van der Waals surface area contributed by atoms with Crippen LogP contribution in [0.2, 0.25) is 0 Å².